The van der Waals surface area contributed by atoms with Crippen LogP contribution < -0.4 is 35.4 Å². The molecule has 0 aliphatic carbocycles. The molecular formula is C91H98IN9O21S. The number of azo groups is 1. The van der Waals surface area contributed by atoms with Crippen molar-refractivity contribution in [2.45, 2.75) is 85.2 Å². The van der Waals surface area contributed by atoms with Gasteiger partial charge in [0.1, 0.15) is 55.2 Å². The van der Waals surface area contributed by atoms with E-state index >= 15 is 0 Å². The number of aromatic hydroxyl groups is 5. The maximum absolute atomic E-state index is 12.2. The van der Waals surface area contributed by atoms with Crippen molar-refractivity contribution in [3.05, 3.63) is 278 Å². The van der Waals surface area contributed by atoms with Gasteiger partial charge in [-0.15, -0.1) is 0 Å². The minimum Gasteiger partial charge on any atom is -0.507 e. The van der Waals surface area contributed by atoms with Crippen molar-refractivity contribution in [1.82, 2.24) is 4.72 Å². The molecule has 10 aromatic carbocycles. The summed E-state index contributed by atoms with van der Waals surface area (Å²) in [4.78, 5) is 108. The lowest BCUT2D eigenvalue weighted by molar-refractivity contribution is -0.144. The number of sulfonamides is 1. The molecule has 10 N–H and O–H groups in total. The van der Waals surface area contributed by atoms with Gasteiger partial charge in [0.05, 0.1) is 58.5 Å². The number of aldehydes is 5. The first-order valence-electron chi connectivity index (χ1n) is 38.6. The maximum atomic E-state index is 12.2. The molecule has 646 valence electrons. The zero-order valence-corrected chi connectivity index (χ0v) is 71.8. The molecule has 11 rings (SSSR count). The molecule has 32 heteroatoms. The van der Waals surface area contributed by atoms with E-state index in [9.17, 15) is 77.1 Å². The first-order chi connectivity index (χ1) is 59.0. The molecule has 0 saturated heterocycles. The molecule has 1 heterocycles. The molecule has 30 nitrogen and oxygen atoms in total. The molecule has 3 amide bonds. The second-order valence-corrected chi connectivity index (χ2v) is 30.1. The number of benzene rings is 10. The van der Waals surface area contributed by atoms with Crippen LogP contribution in [0.2, 0.25) is 0 Å². The van der Waals surface area contributed by atoms with E-state index in [0.29, 0.717) is 102 Å². The first kappa shape index (κ1) is 96.6. The molecule has 0 fully saturated rings. The van der Waals surface area contributed by atoms with Gasteiger partial charge >= 0.3 is 24.2 Å². The van der Waals surface area contributed by atoms with Gasteiger partial charge in [-0.2, -0.15) is 10.2 Å². The van der Waals surface area contributed by atoms with Crippen LogP contribution in [0.25, 0.3) is 0 Å². The smallest absolute Gasteiger partial charge is 0.411 e. The Bertz CT molecular complexity index is 5450. The Hall–Kier alpha value is -13.6. The van der Waals surface area contributed by atoms with E-state index in [2.05, 4.69) is 77.1 Å². The van der Waals surface area contributed by atoms with Crippen LogP contribution in [0.15, 0.2) is 204 Å². The van der Waals surface area contributed by atoms with E-state index in [1.165, 1.54) is 48.5 Å². The molecule has 0 bridgehead atoms. The van der Waals surface area contributed by atoms with Gasteiger partial charge < -0.3 is 64.3 Å². The molecule has 0 unspecified atom stereocenters. The van der Waals surface area contributed by atoms with Crippen molar-refractivity contribution in [2.24, 2.45) is 10.2 Å². The van der Waals surface area contributed by atoms with E-state index in [0.717, 1.165) is 99.4 Å². The van der Waals surface area contributed by atoms with E-state index in [-0.39, 0.29) is 90.5 Å². The van der Waals surface area contributed by atoms with Gasteiger partial charge in [-0.25, -0.2) is 27.5 Å². The fraction of sp³-hybridized carbons (Fsp3) is 0.242. The van der Waals surface area contributed by atoms with Crippen LogP contribution in [-0.2, 0) is 77.5 Å². The number of amides is 3. The number of esters is 1. The van der Waals surface area contributed by atoms with Gasteiger partial charge in [-0.3, -0.25) is 44.7 Å². The zero-order valence-electron chi connectivity index (χ0n) is 68.8. The second-order valence-electron chi connectivity index (χ2n) is 27.5. The number of aliphatic hydroxyl groups is 1. The van der Waals surface area contributed by atoms with Crippen molar-refractivity contribution in [3.8, 4) is 28.7 Å². The Kier molecular flexibility index (Phi) is 38.7. The highest BCUT2D eigenvalue weighted by Gasteiger charge is 2.23. The summed E-state index contributed by atoms with van der Waals surface area (Å²) in [5.41, 5.74) is 15.5. The minimum atomic E-state index is -3.22. The number of aryl methyl sites for hydroxylation is 3. The number of nitrogens with one attached hydrogen (secondary N) is 4. The van der Waals surface area contributed by atoms with Crippen LogP contribution in [0.4, 0.5) is 59.9 Å². The SMILES string of the molecule is CCN(CC)c1ccc(NC(=O)OCc2ccc(C=O)c(O)c2)c(C)c1.CCN(CCO)c1ccc(NC(=O)OCc2ccc(C=O)c(O)c2)c(C)c1.Cc1cc2c(cc1NC(=O)OCc1ccc(C=O)c(O)c1)CCN2CCNS(C)(=O)=O.O=Cc1ccc(CI)cc1O.O=Cc1ccc(COC(=O)Cc2ccc(N=Nc3ccccc3)cc2)cc1O. The number of halogens is 1. The van der Waals surface area contributed by atoms with Crippen molar-refractivity contribution in [1.29, 1.82) is 0 Å². The molecule has 10 aromatic rings. The van der Waals surface area contributed by atoms with Crippen molar-refractivity contribution < 1.29 is 101 Å². The van der Waals surface area contributed by atoms with E-state index in [1.54, 1.807) is 66.7 Å². The summed E-state index contributed by atoms with van der Waals surface area (Å²) < 4.78 is 46.6. The van der Waals surface area contributed by atoms with Crippen LogP contribution >= 0.6 is 22.6 Å². The predicted molar refractivity (Wildman–Crippen MR) is 478 cm³/mol. The molecule has 0 spiro atoms. The Labute approximate surface area is 726 Å². The number of phenolic OH excluding ortho intramolecular Hbond substituents is 5. The topological polar surface area (TPSA) is 429 Å². The van der Waals surface area contributed by atoms with E-state index < -0.39 is 34.3 Å². The van der Waals surface area contributed by atoms with Gasteiger partial charge in [0, 0.05) is 84.4 Å². The number of nitrogens with zero attached hydrogens (tertiary/aromatic N) is 5. The summed E-state index contributed by atoms with van der Waals surface area (Å²) in [6, 6.07) is 54.9. The highest BCUT2D eigenvalue weighted by Crippen LogP contribution is 2.34. The molecule has 0 radical (unpaired) electrons. The van der Waals surface area contributed by atoms with Crippen LogP contribution in [0, 0.1) is 20.8 Å². The van der Waals surface area contributed by atoms with E-state index in [1.807, 2.05) is 111 Å². The number of carbonyl (C=O) groups is 9. The van der Waals surface area contributed by atoms with Crippen molar-refractivity contribution >= 4 is 134 Å². The number of carbonyl (C=O) groups excluding carboxylic acids is 9. The molecule has 0 saturated carbocycles. The predicted octanol–water partition coefficient (Wildman–Crippen LogP) is 16.4. The zero-order chi connectivity index (χ0) is 89.5. The Balaban J connectivity index is 0.000000217. The molecular weight excluding hydrogens is 1710 g/mol. The lowest BCUT2D eigenvalue weighted by Gasteiger charge is -2.23. The highest BCUT2D eigenvalue weighted by atomic mass is 127. The summed E-state index contributed by atoms with van der Waals surface area (Å²) in [7, 11) is -3.22. The van der Waals surface area contributed by atoms with Gasteiger partial charge in [0.15, 0.2) is 31.4 Å². The third-order valence-electron chi connectivity index (χ3n) is 18.6. The largest absolute Gasteiger partial charge is 0.507 e. The quantitative estimate of drug-likeness (QED) is 0.00467. The van der Waals surface area contributed by atoms with Crippen LogP contribution in [0.1, 0.15) is 128 Å². The molecule has 0 atom stereocenters. The number of hydrogen-bond acceptors (Lipinski definition) is 26. The summed E-state index contributed by atoms with van der Waals surface area (Å²) in [5, 5.41) is 73.4. The van der Waals surface area contributed by atoms with Crippen LogP contribution in [-0.4, -0.2) is 153 Å². The lowest BCUT2D eigenvalue weighted by atomic mass is 10.1. The summed E-state index contributed by atoms with van der Waals surface area (Å²) in [6.45, 7) is 16.7. The number of aliphatic hydroxyl groups excluding tert-OH is 1. The first-order valence-corrected chi connectivity index (χ1v) is 42.0. The number of phenols is 5. The molecule has 0 aromatic heterocycles. The standard InChI is InChI=1S/C22H18N2O4.C21H25N3O6S.C20H24N2O5.C20H24N2O4.C8H7IO2/c25-14-18-9-6-17(12-21(18)26)15-28-22(27)13-16-7-10-20(11-8-16)24-23-19-4-2-1-3-5-19;1-14-9-19-16(5-7-24(19)8-6-22-31(2,28)29)11-18(14)23-21(27)30-13-15-3-4-17(12-25)20(26)10-15;1-3-22(8-9-23)17-6-7-18(14(2)10-17)21-20(26)27-13-15-4-5-16(12-24)19(25)11-15;1-4-22(5-2)17-8-9-18(14(3)10-17)21-20(25)26-13-15-6-7-16(12-23)19(24)11-15;9-4-6-1-2-7(5-10)8(11)3-6/h1-12,14,26H,13,15H2;3-4,9-12,22,26H,5-8,13H2,1-2H3,(H,23,27);4-7,10-12,23,25H,3,8-9,13H2,1-2H3,(H,21,26);6-12,24H,4-5,13H2,1-3H3,(H,21,25);1-3,5,11H,4H2. The van der Waals surface area contributed by atoms with Crippen molar-refractivity contribution in [2.75, 3.05) is 89.3 Å². The van der Waals surface area contributed by atoms with E-state index in [4.69, 9.17) is 24.1 Å². The third kappa shape index (κ3) is 31.5. The Morgan fingerprint density at radius 1 is 0.463 bits per heavy atom. The number of likely N-dealkylation sites (N-methyl/N-ethyl adjacent to an activating group) is 1. The van der Waals surface area contributed by atoms with Crippen LogP contribution in [0.5, 0.6) is 28.7 Å². The monoisotopic (exact) mass is 1810 g/mol. The molecule has 123 heavy (non-hydrogen) atoms. The molecule has 1 aliphatic heterocycles. The normalized spacial score (nSPS) is 11.0. The van der Waals surface area contributed by atoms with Gasteiger partial charge in [0.2, 0.25) is 10.0 Å². The van der Waals surface area contributed by atoms with Gasteiger partial charge in [-0.1, -0.05) is 83.3 Å². The average molecular weight is 1810 g/mol. The number of anilines is 6. The minimum absolute atomic E-state index is 0.00485. The second kappa shape index (κ2) is 49.2. The number of ether oxygens (including phenoxy) is 4. The fourth-order valence-corrected chi connectivity index (χ4v) is 12.9. The third-order valence-corrected chi connectivity index (χ3v) is 20.2. The van der Waals surface area contributed by atoms with Crippen molar-refractivity contribution in [3.63, 3.8) is 0 Å². The number of alkyl halides is 1. The van der Waals surface area contributed by atoms with Gasteiger partial charge in [-0.05, 0) is 237 Å². The number of fused-ring (bicyclic) bond motifs is 1. The Morgan fingerprint density at radius 2 is 0.837 bits per heavy atom. The number of rotatable bonds is 32. The molecule has 1 aliphatic rings. The summed E-state index contributed by atoms with van der Waals surface area (Å²) in [5.74, 6) is -0.913. The summed E-state index contributed by atoms with van der Waals surface area (Å²) >= 11 is 2.19. The lowest BCUT2D eigenvalue weighted by Crippen LogP contribution is -2.33. The van der Waals surface area contributed by atoms with Crippen LogP contribution in [0.3, 0.4) is 0 Å². The Morgan fingerprint density at radius 3 is 1.22 bits per heavy atom. The average Bonchev–Trinajstić information content (AvgIpc) is 1.65. The maximum Gasteiger partial charge on any atom is 0.411 e. The fourth-order valence-electron chi connectivity index (χ4n) is 11.9. The highest BCUT2D eigenvalue weighted by molar-refractivity contribution is 14.1. The summed E-state index contributed by atoms with van der Waals surface area (Å²) in [6.07, 6.45) is 3.10. The number of hydrogen-bond donors (Lipinski definition) is 10. The van der Waals surface area contributed by atoms with Gasteiger partial charge in [0.25, 0.3) is 0 Å².